The lowest BCUT2D eigenvalue weighted by molar-refractivity contribution is -0.135. The number of carbonyl (C=O) groups is 3. The van der Waals surface area contributed by atoms with E-state index in [4.69, 9.17) is 28.9 Å². The first kappa shape index (κ1) is 18.8. The van der Waals surface area contributed by atoms with Crippen LogP contribution in [0.2, 0.25) is 10.0 Å². The standard InChI is InChI=1S/C17H20Cl2N4O3/c1-9-17(26)21(5-3-4-15(20)25)8-16-22(9)13-6-11(18)12(19)7-14(13)23(16)10(2)24/h6-7,9,16H,3-5,8H2,1-2H3,(H2,20,25)/t9-,16-/m0/s1. The summed E-state index contributed by atoms with van der Waals surface area (Å²) in [6.45, 7) is 4.03. The molecular formula is C17H20Cl2N4O3. The van der Waals surface area contributed by atoms with E-state index in [0.29, 0.717) is 35.2 Å². The van der Waals surface area contributed by atoms with Crippen LogP contribution >= 0.6 is 23.2 Å². The minimum Gasteiger partial charge on any atom is -0.370 e. The monoisotopic (exact) mass is 398 g/mol. The number of piperazine rings is 1. The highest BCUT2D eigenvalue weighted by molar-refractivity contribution is 6.42. The van der Waals surface area contributed by atoms with Crippen LogP contribution in [0, 0.1) is 0 Å². The fraction of sp³-hybridized carbons (Fsp3) is 0.471. The van der Waals surface area contributed by atoms with E-state index in [-0.39, 0.29) is 24.4 Å². The second-order valence-electron chi connectivity index (χ2n) is 6.56. The molecule has 1 fully saturated rings. The number of nitrogens with two attached hydrogens (primary N) is 1. The van der Waals surface area contributed by atoms with Crippen LogP contribution in [0.3, 0.4) is 0 Å². The van der Waals surface area contributed by atoms with Crippen molar-refractivity contribution in [2.45, 2.75) is 38.9 Å². The fourth-order valence-corrected chi connectivity index (χ4v) is 4.02. The van der Waals surface area contributed by atoms with Gasteiger partial charge in [0, 0.05) is 19.9 Å². The Hall–Kier alpha value is -1.99. The van der Waals surface area contributed by atoms with Crippen LogP contribution in [0.25, 0.3) is 0 Å². The molecule has 0 aromatic heterocycles. The van der Waals surface area contributed by atoms with Gasteiger partial charge in [-0.15, -0.1) is 0 Å². The molecule has 2 heterocycles. The number of benzene rings is 1. The number of halogens is 2. The lowest BCUT2D eigenvalue weighted by atomic mass is 10.1. The molecule has 0 bridgehead atoms. The Morgan fingerprint density at radius 3 is 2.42 bits per heavy atom. The van der Waals surface area contributed by atoms with E-state index in [1.807, 2.05) is 4.90 Å². The van der Waals surface area contributed by atoms with Crippen LogP contribution in [0.1, 0.15) is 26.7 Å². The number of nitrogens with zero attached hydrogens (tertiary/aromatic N) is 3. The second kappa shape index (κ2) is 6.96. The molecule has 0 radical (unpaired) electrons. The van der Waals surface area contributed by atoms with Crippen LogP contribution in [0.4, 0.5) is 11.4 Å². The first-order valence-electron chi connectivity index (χ1n) is 8.36. The van der Waals surface area contributed by atoms with Gasteiger partial charge in [0.25, 0.3) is 0 Å². The average Bonchev–Trinajstić information content (AvgIpc) is 2.85. The smallest absolute Gasteiger partial charge is 0.245 e. The molecule has 0 unspecified atom stereocenters. The van der Waals surface area contributed by atoms with E-state index in [2.05, 4.69) is 0 Å². The Morgan fingerprint density at radius 2 is 1.85 bits per heavy atom. The molecule has 1 aromatic carbocycles. The van der Waals surface area contributed by atoms with Crippen molar-refractivity contribution in [2.24, 2.45) is 5.73 Å². The summed E-state index contributed by atoms with van der Waals surface area (Å²) in [6.07, 6.45) is 0.373. The van der Waals surface area contributed by atoms with Crippen molar-refractivity contribution in [2.75, 3.05) is 22.9 Å². The summed E-state index contributed by atoms with van der Waals surface area (Å²) in [5, 5.41) is 0.729. The van der Waals surface area contributed by atoms with Crippen molar-refractivity contribution in [1.29, 1.82) is 0 Å². The lowest BCUT2D eigenvalue weighted by Gasteiger charge is -2.44. The average molecular weight is 399 g/mol. The number of hydrogen-bond acceptors (Lipinski definition) is 4. The lowest BCUT2D eigenvalue weighted by Crippen LogP contribution is -2.64. The number of anilines is 2. The molecule has 140 valence electrons. The quantitative estimate of drug-likeness (QED) is 0.839. The highest BCUT2D eigenvalue weighted by atomic mass is 35.5. The van der Waals surface area contributed by atoms with Crippen LogP contribution in [-0.4, -0.2) is 47.9 Å². The predicted molar refractivity (Wildman–Crippen MR) is 100 cm³/mol. The van der Waals surface area contributed by atoms with Gasteiger partial charge in [0.1, 0.15) is 12.2 Å². The third kappa shape index (κ3) is 3.10. The van der Waals surface area contributed by atoms with Gasteiger partial charge >= 0.3 is 0 Å². The maximum Gasteiger partial charge on any atom is 0.245 e. The molecule has 2 atom stereocenters. The van der Waals surface area contributed by atoms with Gasteiger partial charge < -0.3 is 15.5 Å². The van der Waals surface area contributed by atoms with Crippen LogP contribution in [0.15, 0.2) is 12.1 Å². The summed E-state index contributed by atoms with van der Waals surface area (Å²) in [5.41, 5.74) is 6.54. The molecule has 3 amide bonds. The minimum atomic E-state index is -0.470. The molecule has 7 nitrogen and oxygen atoms in total. The summed E-state index contributed by atoms with van der Waals surface area (Å²) < 4.78 is 0. The van der Waals surface area contributed by atoms with Crippen molar-refractivity contribution < 1.29 is 14.4 Å². The highest BCUT2D eigenvalue weighted by Gasteiger charge is 2.48. The Labute approximate surface area is 161 Å². The molecule has 0 saturated carbocycles. The predicted octanol–water partition coefficient (Wildman–Crippen LogP) is 1.99. The number of primary amides is 1. The Bertz CT molecular complexity index is 786. The van der Waals surface area contributed by atoms with Gasteiger partial charge in [-0.05, 0) is 25.5 Å². The van der Waals surface area contributed by atoms with Crippen molar-refractivity contribution in [1.82, 2.24) is 4.90 Å². The van der Waals surface area contributed by atoms with Gasteiger partial charge in [0.15, 0.2) is 0 Å². The van der Waals surface area contributed by atoms with Gasteiger partial charge in [-0.3, -0.25) is 19.3 Å². The largest absolute Gasteiger partial charge is 0.370 e. The van der Waals surface area contributed by atoms with E-state index >= 15 is 0 Å². The molecular weight excluding hydrogens is 379 g/mol. The molecule has 1 aromatic rings. The Morgan fingerprint density at radius 1 is 1.23 bits per heavy atom. The number of hydrogen-bond donors (Lipinski definition) is 1. The van der Waals surface area contributed by atoms with E-state index in [0.717, 1.165) is 5.69 Å². The Kier molecular flexibility index (Phi) is 5.03. The summed E-state index contributed by atoms with van der Waals surface area (Å²) in [4.78, 5) is 41.3. The summed E-state index contributed by atoms with van der Waals surface area (Å²) >= 11 is 12.3. The zero-order valence-electron chi connectivity index (χ0n) is 14.5. The van der Waals surface area contributed by atoms with Gasteiger partial charge in [0.2, 0.25) is 17.7 Å². The third-order valence-corrected chi connectivity index (χ3v) is 5.56. The maximum atomic E-state index is 12.8. The van der Waals surface area contributed by atoms with Crippen LogP contribution in [-0.2, 0) is 14.4 Å². The second-order valence-corrected chi connectivity index (χ2v) is 7.38. The molecule has 3 rings (SSSR count). The third-order valence-electron chi connectivity index (χ3n) is 4.83. The number of fused-ring (bicyclic) bond motifs is 3. The molecule has 26 heavy (non-hydrogen) atoms. The van der Waals surface area contributed by atoms with Crippen LogP contribution in [0.5, 0.6) is 0 Å². The molecule has 9 heteroatoms. The summed E-state index contributed by atoms with van der Waals surface area (Å²) in [6, 6.07) is 2.89. The van der Waals surface area contributed by atoms with Crippen molar-refractivity contribution in [3.8, 4) is 0 Å². The van der Waals surface area contributed by atoms with E-state index < -0.39 is 11.9 Å². The summed E-state index contributed by atoms with van der Waals surface area (Å²) in [5.74, 6) is -0.601. The van der Waals surface area contributed by atoms with Crippen LogP contribution < -0.4 is 15.5 Å². The van der Waals surface area contributed by atoms with Gasteiger partial charge in [0.05, 0.1) is 28.0 Å². The first-order chi connectivity index (χ1) is 12.2. The fourth-order valence-electron chi connectivity index (χ4n) is 3.70. The van der Waals surface area contributed by atoms with E-state index in [1.54, 1.807) is 28.9 Å². The maximum absolute atomic E-state index is 12.8. The van der Waals surface area contributed by atoms with Crippen molar-refractivity contribution in [3.63, 3.8) is 0 Å². The minimum absolute atomic E-state index is 0.0619. The SMILES string of the molecule is CC(=O)N1c2cc(Cl)c(Cl)cc2N2[C@@H]1CN(CCCC(N)=O)C(=O)[C@@H]2C. The van der Waals surface area contributed by atoms with Gasteiger partial charge in [-0.2, -0.15) is 0 Å². The normalized spacial score (nSPS) is 21.7. The van der Waals surface area contributed by atoms with Gasteiger partial charge in [-0.25, -0.2) is 0 Å². The van der Waals surface area contributed by atoms with E-state index in [1.165, 1.54) is 6.92 Å². The number of amides is 3. The zero-order valence-corrected chi connectivity index (χ0v) is 16.0. The Balaban J connectivity index is 1.94. The molecule has 0 spiro atoms. The number of carbonyl (C=O) groups excluding carboxylic acids is 3. The molecule has 2 aliphatic rings. The topological polar surface area (TPSA) is 86.9 Å². The molecule has 2 aliphatic heterocycles. The number of rotatable bonds is 4. The first-order valence-corrected chi connectivity index (χ1v) is 9.12. The zero-order chi connectivity index (χ0) is 19.2. The molecule has 0 aliphatic carbocycles. The van der Waals surface area contributed by atoms with E-state index in [9.17, 15) is 14.4 Å². The summed E-state index contributed by atoms with van der Waals surface area (Å²) in [7, 11) is 0. The van der Waals surface area contributed by atoms with Crippen molar-refractivity contribution in [3.05, 3.63) is 22.2 Å². The molecule has 1 saturated heterocycles. The molecule has 2 N–H and O–H groups in total. The van der Waals surface area contributed by atoms with Crippen molar-refractivity contribution >= 4 is 52.3 Å². The highest BCUT2D eigenvalue weighted by Crippen LogP contribution is 2.46. The van der Waals surface area contributed by atoms with Gasteiger partial charge in [-0.1, -0.05) is 23.2 Å².